The molecule has 1 aromatic heterocycles. The van der Waals surface area contributed by atoms with Crippen molar-refractivity contribution in [1.29, 1.82) is 0 Å². The first-order valence-electron chi connectivity index (χ1n) is 8.52. The van der Waals surface area contributed by atoms with Crippen molar-refractivity contribution in [2.75, 3.05) is 6.61 Å². The van der Waals surface area contributed by atoms with E-state index in [0.29, 0.717) is 23.1 Å². The van der Waals surface area contributed by atoms with Crippen LogP contribution in [0.2, 0.25) is 5.02 Å². The van der Waals surface area contributed by atoms with Gasteiger partial charge in [0.05, 0.1) is 18.9 Å². The number of rotatable bonds is 7. The Hall–Kier alpha value is -2.86. The molecular formula is C20H19ClN2O4. The lowest BCUT2D eigenvalue weighted by Crippen LogP contribution is -2.09. The van der Waals surface area contributed by atoms with E-state index in [1.165, 1.54) is 0 Å². The molecule has 1 atom stereocenters. The summed E-state index contributed by atoms with van der Waals surface area (Å²) in [5, 5.41) is 17.7. The first kappa shape index (κ1) is 18.9. The minimum absolute atomic E-state index is 0.186. The molecule has 7 heteroatoms. The number of halogens is 1. The van der Waals surface area contributed by atoms with Crippen LogP contribution in [0.15, 0.2) is 46.9 Å². The lowest BCUT2D eigenvalue weighted by atomic mass is 9.92. The van der Waals surface area contributed by atoms with Crippen molar-refractivity contribution < 1.29 is 19.1 Å². The van der Waals surface area contributed by atoms with Gasteiger partial charge in [0.1, 0.15) is 5.75 Å². The molecule has 0 amide bonds. The van der Waals surface area contributed by atoms with Gasteiger partial charge in [0.2, 0.25) is 11.8 Å². The number of aryl methyl sites for hydroxylation is 1. The molecule has 0 aliphatic carbocycles. The summed E-state index contributed by atoms with van der Waals surface area (Å²) in [4.78, 5) is 11.4. The van der Waals surface area contributed by atoms with Gasteiger partial charge >= 0.3 is 5.97 Å². The van der Waals surface area contributed by atoms with Gasteiger partial charge in [0.25, 0.3) is 0 Å². The SMILES string of the molecule is CCOc1ccccc1-c1cc(Cl)cc(C(CC(=O)O)c2nnc(C)o2)c1. The van der Waals surface area contributed by atoms with Crippen LogP contribution in [0.3, 0.4) is 0 Å². The van der Waals surface area contributed by atoms with Crippen molar-refractivity contribution in [2.45, 2.75) is 26.2 Å². The average molecular weight is 387 g/mol. The molecule has 0 saturated heterocycles. The molecule has 0 aliphatic rings. The van der Waals surface area contributed by atoms with E-state index in [4.69, 9.17) is 20.8 Å². The van der Waals surface area contributed by atoms with E-state index in [1.54, 1.807) is 13.0 Å². The first-order valence-corrected chi connectivity index (χ1v) is 8.90. The van der Waals surface area contributed by atoms with Crippen molar-refractivity contribution in [3.8, 4) is 16.9 Å². The monoisotopic (exact) mass is 386 g/mol. The topological polar surface area (TPSA) is 85.5 Å². The Kier molecular flexibility index (Phi) is 5.76. The van der Waals surface area contributed by atoms with E-state index in [9.17, 15) is 9.90 Å². The number of hydrogen-bond donors (Lipinski definition) is 1. The maximum absolute atomic E-state index is 11.4. The Morgan fingerprint density at radius 1 is 1.26 bits per heavy atom. The van der Waals surface area contributed by atoms with E-state index < -0.39 is 11.9 Å². The molecule has 1 unspecified atom stereocenters. The van der Waals surface area contributed by atoms with Crippen molar-refractivity contribution in [3.05, 3.63) is 64.8 Å². The van der Waals surface area contributed by atoms with Crippen LogP contribution < -0.4 is 4.74 Å². The Balaban J connectivity index is 2.09. The van der Waals surface area contributed by atoms with Gasteiger partial charge in [0, 0.05) is 17.5 Å². The zero-order valence-electron chi connectivity index (χ0n) is 15.0. The van der Waals surface area contributed by atoms with Crippen LogP contribution in [-0.2, 0) is 4.79 Å². The third-order valence-corrected chi connectivity index (χ3v) is 4.26. The number of aromatic nitrogens is 2. The maximum atomic E-state index is 11.4. The van der Waals surface area contributed by atoms with Gasteiger partial charge in [-0.1, -0.05) is 35.9 Å². The van der Waals surface area contributed by atoms with E-state index in [1.807, 2.05) is 43.3 Å². The summed E-state index contributed by atoms with van der Waals surface area (Å²) in [6.45, 7) is 4.12. The van der Waals surface area contributed by atoms with Gasteiger partial charge in [-0.25, -0.2) is 0 Å². The molecule has 27 heavy (non-hydrogen) atoms. The molecule has 0 aliphatic heterocycles. The van der Waals surface area contributed by atoms with Crippen molar-refractivity contribution in [1.82, 2.24) is 10.2 Å². The predicted octanol–water partition coefficient (Wildman–Crippen LogP) is 4.70. The Morgan fingerprint density at radius 2 is 2.04 bits per heavy atom. The molecular weight excluding hydrogens is 368 g/mol. The summed E-state index contributed by atoms with van der Waals surface area (Å²) in [5.74, 6) is -0.199. The van der Waals surface area contributed by atoms with Crippen LogP contribution in [0.1, 0.15) is 36.6 Å². The Morgan fingerprint density at radius 3 is 2.70 bits per heavy atom. The second-order valence-corrected chi connectivity index (χ2v) is 6.45. The first-order chi connectivity index (χ1) is 13.0. The van der Waals surface area contributed by atoms with E-state index >= 15 is 0 Å². The average Bonchev–Trinajstić information content (AvgIpc) is 3.06. The van der Waals surface area contributed by atoms with Gasteiger partial charge < -0.3 is 14.3 Å². The number of carboxylic acids is 1. The fourth-order valence-electron chi connectivity index (χ4n) is 2.93. The second kappa shape index (κ2) is 8.22. The summed E-state index contributed by atoms with van der Waals surface area (Å²) >= 11 is 6.35. The molecule has 1 heterocycles. The fraction of sp³-hybridized carbons (Fsp3) is 0.250. The molecule has 0 fully saturated rings. The van der Waals surface area contributed by atoms with Crippen molar-refractivity contribution in [2.24, 2.45) is 0 Å². The van der Waals surface area contributed by atoms with E-state index in [0.717, 1.165) is 16.9 Å². The normalized spacial score (nSPS) is 12.0. The van der Waals surface area contributed by atoms with Crippen LogP contribution in [0, 0.1) is 6.92 Å². The largest absolute Gasteiger partial charge is 0.493 e. The number of carbonyl (C=O) groups is 1. The number of para-hydroxylation sites is 1. The number of nitrogens with zero attached hydrogens (tertiary/aromatic N) is 2. The number of benzene rings is 2. The summed E-state index contributed by atoms with van der Waals surface area (Å²) in [6.07, 6.45) is -0.186. The molecule has 3 rings (SSSR count). The lowest BCUT2D eigenvalue weighted by Gasteiger charge is -2.15. The highest BCUT2D eigenvalue weighted by atomic mass is 35.5. The quantitative estimate of drug-likeness (QED) is 0.633. The molecule has 1 N–H and O–H groups in total. The third kappa shape index (κ3) is 4.46. The molecule has 6 nitrogen and oxygen atoms in total. The van der Waals surface area contributed by atoms with E-state index in [2.05, 4.69) is 10.2 Å². The lowest BCUT2D eigenvalue weighted by molar-refractivity contribution is -0.137. The van der Waals surface area contributed by atoms with Crippen LogP contribution in [0.25, 0.3) is 11.1 Å². The molecule has 2 aromatic carbocycles. The van der Waals surface area contributed by atoms with Gasteiger partial charge in [-0.15, -0.1) is 10.2 Å². The van der Waals surface area contributed by atoms with Gasteiger partial charge in [-0.2, -0.15) is 0 Å². The predicted molar refractivity (Wildman–Crippen MR) is 101 cm³/mol. The smallest absolute Gasteiger partial charge is 0.304 e. The summed E-state index contributed by atoms with van der Waals surface area (Å²) in [5.41, 5.74) is 2.39. The molecule has 0 spiro atoms. The van der Waals surface area contributed by atoms with Crippen molar-refractivity contribution >= 4 is 17.6 Å². The highest BCUT2D eigenvalue weighted by molar-refractivity contribution is 6.31. The molecule has 3 aromatic rings. The second-order valence-electron chi connectivity index (χ2n) is 6.01. The Bertz CT molecular complexity index is 955. The third-order valence-electron chi connectivity index (χ3n) is 4.04. The van der Waals surface area contributed by atoms with E-state index in [-0.39, 0.29) is 12.3 Å². The number of ether oxygens (including phenoxy) is 1. The Labute approximate surface area is 161 Å². The highest BCUT2D eigenvalue weighted by Gasteiger charge is 2.24. The van der Waals surface area contributed by atoms with Crippen molar-refractivity contribution in [3.63, 3.8) is 0 Å². The minimum atomic E-state index is -0.966. The van der Waals surface area contributed by atoms with Crippen LogP contribution >= 0.6 is 11.6 Å². The summed E-state index contributed by atoms with van der Waals surface area (Å²) in [6, 6.07) is 13.1. The number of carboxylic acid groups (broad SMARTS) is 1. The zero-order chi connectivity index (χ0) is 19.4. The molecule has 0 radical (unpaired) electrons. The zero-order valence-corrected chi connectivity index (χ0v) is 15.7. The standard InChI is InChI=1S/C20H19ClN2O4/c1-3-26-18-7-5-4-6-16(18)13-8-14(10-15(21)9-13)17(11-19(24)25)20-23-22-12(2)27-20/h4-10,17H,3,11H2,1-2H3,(H,24,25). The highest BCUT2D eigenvalue weighted by Crippen LogP contribution is 2.36. The van der Waals surface area contributed by atoms with Gasteiger partial charge in [-0.05, 0) is 36.2 Å². The molecule has 0 bridgehead atoms. The number of aliphatic carboxylic acids is 1. The number of hydrogen-bond acceptors (Lipinski definition) is 5. The van der Waals surface area contributed by atoms with Crippen LogP contribution in [0.4, 0.5) is 0 Å². The van der Waals surface area contributed by atoms with Crippen LogP contribution in [0.5, 0.6) is 5.75 Å². The molecule has 140 valence electrons. The van der Waals surface area contributed by atoms with Gasteiger partial charge in [-0.3, -0.25) is 4.79 Å². The minimum Gasteiger partial charge on any atom is -0.493 e. The summed E-state index contributed by atoms with van der Waals surface area (Å²) < 4.78 is 11.2. The molecule has 0 saturated carbocycles. The van der Waals surface area contributed by atoms with Gasteiger partial charge in [0.15, 0.2) is 0 Å². The van der Waals surface area contributed by atoms with Crippen LogP contribution in [-0.4, -0.2) is 27.9 Å². The fourth-order valence-corrected chi connectivity index (χ4v) is 3.17. The summed E-state index contributed by atoms with van der Waals surface area (Å²) in [7, 11) is 0. The maximum Gasteiger partial charge on any atom is 0.304 e.